The fourth-order valence-corrected chi connectivity index (χ4v) is 4.49. The highest BCUT2D eigenvalue weighted by Gasteiger charge is 2.44. The van der Waals surface area contributed by atoms with E-state index in [0.717, 1.165) is 19.6 Å². The third-order valence-corrected chi connectivity index (χ3v) is 6.51. The number of benzene rings is 2. The van der Waals surface area contributed by atoms with Gasteiger partial charge in [0.25, 0.3) is 5.91 Å². The van der Waals surface area contributed by atoms with Crippen molar-refractivity contribution in [1.82, 2.24) is 4.90 Å². The van der Waals surface area contributed by atoms with Gasteiger partial charge in [-0.25, -0.2) is 0 Å². The van der Waals surface area contributed by atoms with E-state index in [0.29, 0.717) is 41.3 Å². The lowest BCUT2D eigenvalue weighted by molar-refractivity contribution is -0.896. The summed E-state index contributed by atoms with van der Waals surface area (Å²) in [6, 6.07) is 11.0. The van der Waals surface area contributed by atoms with E-state index in [4.69, 9.17) is 14.2 Å². The Labute approximate surface area is 206 Å². The molecule has 1 N–H and O–H groups in total. The molecule has 1 aliphatic heterocycles. The Bertz CT molecular complexity index is 1090. The summed E-state index contributed by atoms with van der Waals surface area (Å²) >= 11 is 0. The Morgan fingerprint density at radius 3 is 2.31 bits per heavy atom. The normalized spacial score (nSPS) is 17.2. The number of likely N-dealkylation sites (tertiary alicyclic amines) is 1. The number of amides is 1. The molecule has 1 heterocycles. The lowest BCUT2D eigenvalue weighted by atomic mass is 9.95. The van der Waals surface area contributed by atoms with Crippen molar-refractivity contribution in [3.63, 3.8) is 0 Å². The van der Waals surface area contributed by atoms with Crippen molar-refractivity contribution in [3.05, 3.63) is 59.2 Å². The van der Waals surface area contributed by atoms with Gasteiger partial charge in [-0.1, -0.05) is 24.0 Å². The largest absolute Gasteiger partial charge is 0.872 e. The second-order valence-electron chi connectivity index (χ2n) is 8.38. The quantitative estimate of drug-likeness (QED) is 0.295. The molecule has 8 nitrogen and oxygen atoms in total. The number of carbonyl (C=O) groups is 2. The minimum atomic E-state index is -0.819. The summed E-state index contributed by atoms with van der Waals surface area (Å²) in [5, 5.41) is 13.6. The smallest absolute Gasteiger partial charge is 0.295 e. The topological polar surface area (TPSA) is 92.6 Å². The highest BCUT2D eigenvalue weighted by molar-refractivity contribution is 6.46. The number of nitrogens with zero attached hydrogens (tertiary/aromatic N) is 1. The van der Waals surface area contributed by atoms with Gasteiger partial charge >= 0.3 is 0 Å². The van der Waals surface area contributed by atoms with Gasteiger partial charge in [-0.2, -0.15) is 0 Å². The van der Waals surface area contributed by atoms with E-state index < -0.39 is 23.5 Å². The van der Waals surface area contributed by atoms with E-state index in [2.05, 4.69) is 13.8 Å². The average molecular weight is 483 g/mol. The van der Waals surface area contributed by atoms with Crippen LogP contribution in [-0.4, -0.2) is 64.1 Å². The fourth-order valence-electron chi connectivity index (χ4n) is 4.49. The zero-order chi connectivity index (χ0) is 25.5. The maximum atomic E-state index is 13.6. The van der Waals surface area contributed by atoms with Crippen molar-refractivity contribution in [2.75, 3.05) is 47.5 Å². The molecule has 0 aromatic heterocycles. The van der Waals surface area contributed by atoms with Gasteiger partial charge in [0.05, 0.1) is 47.0 Å². The summed E-state index contributed by atoms with van der Waals surface area (Å²) in [5.74, 6) is -0.450. The van der Waals surface area contributed by atoms with Crippen molar-refractivity contribution in [3.8, 4) is 17.2 Å². The molecule has 0 saturated carbocycles. The van der Waals surface area contributed by atoms with Crippen LogP contribution in [0.15, 0.2) is 48.0 Å². The minimum absolute atomic E-state index is 0.0642. The van der Waals surface area contributed by atoms with E-state index in [-0.39, 0.29) is 5.57 Å². The van der Waals surface area contributed by atoms with Crippen LogP contribution in [0.1, 0.15) is 37.4 Å². The molecule has 1 atom stereocenters. The maximum absolute atomic E-state index is 13.6. The van der Waals surface area contributed by atoms with Crippen molar-refractivity contribution < 1.29 is 33.8 Å². The number of Topliss-reactive ketones (excluding diaryl/α,β-unsaturated/α-hetero) is 1. The van der Waals surface area contributed by atoms with Gasteiger partial charge in [0, 0.05) is 18.5 Å². The van der Waals surface area contributed by atoms with E-state index in [1.54, 1.807) is 42.5 Å². The second-order valence-corrected chi connectivity index (χ2v) is 8.38. The molecule has 1 aliphatic rings. The number of carbonyl (C=O) groups excluding carboxylic acids is 2. The van der Waals surface area contributed by atoms with Crippen LogP contribution in [0.3, 0.4) is 0 Å². The van der Waals surface area contributed by atoms with Crippen LogP contribution in [0.25, 0.3) is 5.76 Å². The molecular formula is C27H34N2O6. The van der Waals surface area contributed by atoms with Gasteiger partial charge < -0.3 is 29.1 Å². The third kappa shape index (κ3) is 5.43. The van der Waals surface area contributed by atoms with Gasteiger partial charge in [0.2, 0.25) is 5.78 Å². The first-order valence-corrected chi connectivity index (χ1v) is 11.9. The molecule has 0 spiro atoms. The molecule has 0 radical (unpaired) electrons. The second kappa shape index (κ2) is 11.8. The van der Waals surface area contributed by atoms with Crippen LogP contribution >= 0.6 is 0 Å². The first kappa shape index (κ1) is 26.1. The molecule has 1 unspecified atom stereocenters. The Balaban J connectivity index is 2.10. The standard InChI is InChI=1S/C27H34N2O6/c1-6-28(7-2)14-9-15-29-24(18-12-13-21(34-4)22(17-18)35-5)23(26(31)27(29)32)25(30)19-10-8-11-20(16-19)33-3/h8,10-13,16-17,24,30H,6-7,9,14-15H2,1-5H3. The molecule has 3 rings (SSSR count). The lowest BCUT2D eigenvalue weighted by Gasteiger charge is -2.28. The zero-order valence-corrected chi connectivity index (χ0v) is 21.1. The molecule has 2 aromatic carbocycles. The minimum Gasteiger partial charge on any atom is -0.872 e. The Morgan fingerprint density at radius 1 is 0.971 bits per heavy atom. The van der Waals surface area contributed by atoms with Gasteiger partial charge in [-0.15, -0.1) is 0 Å². The predicted molar refractivity (Wildman–Crippen MR) is 130 cm³/mol. The first-order valence-electron chi connectivity index (χ1n) is 11.9. The third-order valence-electron chi connectivity index (χ3n) is 6.51. The SMILES string of the molecule is CC[NH+](CC)CCCN1C(=O)C(=O)C(=C([O-])c2cccc(OC)c2)C1c1ccc(OC)c(OC)c1. The molecule has 188 valence electrons. The maximum Gasteiger partial charge on any atom is 0.295 e. The predicted octanol–water partition coefficient (Wildman–Crippen LogP) is 1.25. The Hall–Kier alpha value is -3.52. The van der Waals surface area contributed by atoms with Gasteiger partial charge in [0.1, 0.15) is 5.75 Å². The van der Waals surface area contributed by atoms with E-state index in [1.165, 1.54) is 31.1 Å². The monoisotopic (exact) mass is 482 g/mol. The van der Waals surface area contributed by atoms with Crippen LogP contribution < -0.4 is 24.2 Å². The molecule has 0 aliphatic carbocycles. The molecule has 1 saturated heterocycles. The average Bonchev–Trinajstić information content (AvgIpc) is 3.15. The fraction of sp³-hybridized carbons (Fsp3) is 0.407. The summed E-state index contributed by atoms with van der Waals surface area (Å²) in [6.45, 7) is 7.43. The summed E-state index contributed by atoms with van der Waals surface area (Å²) in [7, 11) is 4.56. The van der Waals surface area contributed by atoms with Crippen LogP contribution in [-0.2, 0) is 9.59 Å². The molecule has 0 bridgehead atoms. The Morgan fingerprint density at radius 2 is 1.69 bits per heavy atom. The van der Waals surface area contributed by atoms with Crippen molar-refractivity contribution in [2.45, 2.75) is 26.3 Å². The van der Waals surface area contributed by atoms with E-state index in [9.17, 15) is 14.7 Å². The van der Waals surface area contributed by atoms with Crippen LogP contribution in [0, 0.1) is 0 Å². The number of rotatable bonds is 11. The number of methoxy groups -OCH3 is 3. The highest BCUT2D eigenvalue weighted by Crippen LogP contribution is 2.41. The van der Waals surface area contributed by atoms with Gasteiger partial charge in [-0.3, -0.25) is 9.59 Å². The number of hydrogen-bond donors (Lipinski definition) is 1. The summed E-state index contributed by atoms with van der Waals surface area (Å²) in [6.07, 6.45) is 0.709. The van der Waals surface area contributed by atoms with Crippen LogP contribution in [0.5, 0.6) is 17.2 Å². The summed E-state index contributed by atoms with van der Waals surface area (Å²) < 4.78 is 16.0. The molecule has 1 amide bonds. The lowest BCUT2D eigenvalue weighted by Crippen LogP contribution is -3.11. The summed E-state index contributed by atoms with van der Waals surface area (Å²) in [5.41, 5.74) is 0.842. The molecule has 1 fully saturated rings. The van der Waals surface area contributed by atoms with E-state index >= 15 is 0 Å². The highest BCUT2D eigenvalue weighted by atomic mass is 16.5. The molecular weight excluding hydrogens is 448 g/mol. The molecule has 2 aromatic rings. The zero-order valence-electron chi connectivity index (χ0n) is 21.1. The number of ketones is 1. The van der Waals surface area contributed by atoms with Gasteiger partial charge in [0.15, 0.2) is 11.5 Å². The first-order chi connectivity index (χ1) is 16.9. The number of hydrogen-bond acceptors (Lipinski definition) is 6. The Kier molecular flexibility index (Phi) is 8.76. The number of quaternary nitrogens is 1. The van der Waals surface area contributed by atoms with Crippen molar-refractivity contribution in [1.29, 1.82) is 0 Å². The molecule has 35 heavy (non-hydrogen) atoms. The van der Waals surface area contributed by atoms with Crippen molar-refractivity contribution in [2.24, 2.45) is 0 Å². The van der Waals surface area contributed by atoms with Crippen LogP contribution in [0.2, 0.25) is 0 Å². The van der Waals surface area contributed by atoms with E-state index in [1.807, 2.05) is 0 Å². The van der Waals surface area contributed by atoms with Crippen molar-refractivity contribution >= 4 is 17.4 Å². The summed E-state index contributed by atoms with van der Waals surface area (Å²) in [4.78, 5) is 29.3. The van der Waals surface area contributed by atoms with Gasteiger partial charge in [-0.05, 0) is 49.2 Å². The molecule has 8 heteroatoms. The number of nitrogens with one attached hydrogen (secondary N) is 1. The number of ether oxygens (including phenoxy) is 3. The van der Waals surface area contributed by atoms with Crippen LogP contribution in [0.4, 0.5) is 0 Å².